The van der Waals surface area contributed by atoms with E-state index in [0.29, 0.717) is 11.4 Å². The first-order valence-corrected chi connectivity index (χ1v) is 8.21. The smallest absolute Gasteiger partial charge is 0.261 e. The zero-order valence-electron chi connectivity index (χ0n) is 12.3. The summed E-state index contributed by atoms with van der Waals surface area (Å²) in [6.45, 7) is 6.42. The molecule has 0 aliphatic carbocycles. The predicted molar refractivity (Wildman–Crippen MR) is 85.1 cm³/mol. The zero-order valence-corrected chi connectivity index (χ0v) is 13.2. The Morgan fingerprint density at radius 1 is 1.05 bits per heavy atom. The van der Waals surface area contributed by atoms with Crippen LogP contribution in [0.3, 0.4) is 0 Å². The van der Waals surface area contributed by atoms with Gasteiger partial charge in [-0.05, 0) is 57.2 Å². The van der Waals surface area contributed by atoms with Crippen LogP contribution in [0, 0.1) is 13.8 Å². The number of benzene rings is 1. The number of aromatic nitrogens is 1. The van der Waals surface area contributed by atoms with E-state index in [0.717, 1.165) is 17.9 Å². The third-order valence-corrected chi connectivity index (χ3v) is 4.40. The minimum Gasteiger partial charge on any atom is -0.385 e. The molecule has 2 N–H and O–H groups in total. The number of nitrogens with one attached hydrogen (secondary N) is 2. The molecule has 1 heterocycles. The van der Waals surface area contributed by atoms with Gasteiger partial charge in [0.2, 0.25) is 0 Å². The first-order valence-electron chi connectivity index (χ1n) is 6.73. The fourth-order valence-electron chi connectivity index (χ4n) is 1.95. The van der Waals surface area contributed by atoms with Crippen molar-refractivity contribution in [3.05, 3.63) is 47.8 Å². The van der Waals surface area contributed by atoms with Gasteiger partial charge in [0.25, 0.3) is 10.0 Å². The summed E-state index contributed by atoms with van der Waals surface area (Å²) in [6.07, 6.45) is 0. The Hall–Kier alpha value is -2.08. The SMILES string of the molecule is CCNc1ccc(S(=O)(=O)Nc2ccc(C)nc2C)cc1. The summed E-state index contributed by atoms with van der Waals surface area (Å²) in [5.41, 5.74) is 2.90. The van der Waals surface area contributed by atoms with Crippen molar-refractivity contribution in [3.8, 4) is 0 Å². The molecule has 0 aliphatic rings. The van der Waals surface area contributed by atoms with Crippen molar-refractivity contribution in [2.45, 2.75) is 25.7 Å². The molecular formula is C15H19N3O2S. The number of hydrogen-bond donors (Lipinski definition) is 2. The second-order valence-corrected chi connectivity index (χ2v) is 6.43. The fraction of sp³-hybridized carbons (Fsp3) is 0.267. The molecule has 0 saturated heterocycles. The van der Waals surface area contributed by atoms with Gasteiger partial charge >= 0.3 is 0 Å². The highest BCUT2D eigenvalue weighted by atomic mass is 32.2. The van der Waals surface area contributed by atoms with Gasteiger partial charge in [0.15, 0.2) is 0 Å². The lowest BCUT2D eigenvalue weighted by molar-refractivity contribution is 0.601. The van der Waals surface area contributed by atoms with Crippen molar-refractivity contribution in [1.29, 1.82) is 0 Å². The summed E-state index contributed by atoms with van der Waals surface area (Å²) in [6, 6.07) is 10.2. The third kappa shape index (κ3) is 3.72. The van der Waals surface area contributed by atoms with Crippen LogP contribution in [0.4, 0.5) is 11.4 Å². The third-order valence-electron chi connectivity index (χ3n) is 3.01. The summed E-state index contributed by atoms with van der Waals surface area (Å²) in [4.78, 5) is 4.48. The van der Waals surface area contributed by atoms with Crippen LogP contribution < -0.4 is 10.0 Å². The lowest BCUT2D eigenvalue weighted by Gasteiger charge is -2.11. The van der Waals surface area contributed by atoms with Crippen LogP contribution in [0.25, 0.3) is 0 Å². The highest BCUT2D eigenvalue weighted by molar-refractivity contribution is 7.92. The number of nitrogens with zero attached hydrogens (tertiary/aromatic N) is 1. The van der Waals surface area contributed by atoms with Gasteiger partial charge in [-0.3, -0.25) is 9.71 Å². The van der Waals surface area contributed by atoms with Crippen LogP contribution in [0.2, 0.25) is 0 Å². The Balaban J connectivity index is 2.25. The van der Waals surface area contributed by atoms with Gasteiger partial charge in [-0.2, -0.15) is 0 Å². The Bertz CT molecular complexity index is 725. The molecule has 0 spiro atoms. The molecule has 2 rings (SSSR count). The molecule has 112 valence electrons. The predicted octanol–water partition coefficient (Wildman–Crippen LogP) is 2.93. The molecule has 6 heteroatoms. The van der Waals surface area contributed by atoms with Crippen LogP contribution in [0.5, 0.6) is 0 Å². The van der Waals surface area contributed by atoms with Crippen LogP contribution in [0.1, 0.15) is 18.3 Å². The molecule has 1 aromatic carbocycles. The molecule has 5 nitrogen and oxygen atoms in total. The van der Waals surface area contributed by atoms with Crippen LogP contribution in [-0.4, -0.2) is 19.9 Å². The Morgan fingerprint density at radius 3 is 2.29 bits per heavy atom. The van der Waals surface area contributed by atoms with Gasteiger partial charge in [-0.1, -0.05) is 0 Å². The van der Waals surface area contributed by atoms with Crippen molar-refractivity contribution in [2.24, 2.45) is 0 Å². The topological polar surface area (TPSA) is 71.1 Å². The van der Waals surface area contributed by atoms with Crippen molar-refractivity contribution >= 4 is 21.4 Å². The van der Waals surface area contributed by atoms with Gasteiger partial charge in [-0.25, -0.2) is 8.42 Å². The van der Waals surface area contributed by atoms with Crippen LogP contribution in [-0.2, 0) is 10.0 Å². The van der Waals surface area contributed by atoms with E-state index in [2.05, 4.69) is 15.0 Å². The maximum Gasteiger partial charge on any atom is 0.261 e. The molecule has 0 unspecified atom stereocenters. The normalized spacial score (nSPS) is 11.2. The van der Waals surface area contributed by atoms with E-state index >= 15 is 0 Å². The molecule has 21 heavy (non-hydrogen) atoms. The molecule has 0 saturated carbocycles. The van der Waals surface area contributed by atoms with E-state index in [1.165, 1.54) is 0 Å². The monoisotopic (exact) mass is 305 g/mol. The van der Waals surface area contributed by atoms with Gasteiger partial charge in [-0.15, -0.1) is 0 Å². The molecule has 0 aliphatic heterocycles. The molecule has 0 fully saturated rings. The van der Waals surface area contributed by atoms with Crippen molar-refractivity contribution in [1.82, 2.24) is 4.98 Å². The van der Waals surface area contributed by atoms with E-state index in [1.54, 1.807) is 43.3 Å². The second kappa shape index (κ2) is 6.13. The molecule has 0 radical (unpaired) electrons. The first kappa shape index (κ1) is 15.3. The number of anilines is 2. The van der Waals surface area contributed by atoms with Crippen molar-refractivity contribution in [3.63, 3.8) is 0 Å². The average molecular weight is 305 g/mol. The second-order valence-electron chi connectivity index (χ2n) is 4.75. The van der Waals surface area contributed by atoms with Crippen molar-refractivity contribution < 1.29 is 8.42 Å². The van der Waals surface area contributed by atoms with Gasteiger partial charge in [0.1, 0.15) is 0 Å². The largest absolute Gasteiger partial charge is 0.385 e. The zero-order chi connectivity index (χ0) is 15.5. The van der Waals surface area contributed by atoms with Gasteiger partial charge in [0, 0.05) is 17.9 Å². The molecule has 1 aromatic heterocycles. The van der Waals surface area contributed by atoms with E-state index in [1.807, 2.05) is 13.8 Å². The fourth-order valence-corrected chi connectivity index (χ4v) is 3.07. The summed E-state index contributed by atoms with van der Waals surface area (Å²) < 4.78 is 27.3. The highest BCUT2D eigenvalue weighted by Crippen LogP contribution is 2.20. The Kier molecular flexibility index (Phi) is 4.47. The number of sulfonamides is 1. The number of aryl methyl sites for hydroxylation is 2. The molecule has 0 atom stereocenters. The number of rotatable bonds is 5. The maximum atomic E-state index is 12.3. The van der Waals surface area contributed by atoms with E-state index < -0.39 is 10.0 Å². The first-order chi connectivity index (χ1) is 9.92. The molecular weight excluding hydrogens is 286 g/mol. The molecule has 2 aromatic rings. The lowest BCUT2D eigenvalue weighted by Crippen LogP contribution is -2.14. The summed E-state index contributed by atoms with van der Waals surface area (Å²) >= 11 is 0. The minimum atomic E-state index is -3.60. The van der Waals surface area contributed by atoms with Gasteiger partial charge < -0.3 is 5.32 Å². The summed E-state index contributed by atoms with van der Waals surface area (Å²) in [5.74, 6) is 0. The molecule has 0 bridgehead atoms. The van der Waals surface area contributed by atoms with E-state index in [-0.39, 0.29) is 4.90 Å². The van der Waals surface area contributed by atoms with Crippen LogP contribution in [0.15, 0.2) is 41.3 Å². The van der Waals surface area contributed by atoms with Crippen LogP contribution >= 0.6 is 0 Å². The lowest BCUT2D eigenvalue weighted by atomic mass is 10.3. The van der Waals surface area contributed by atoms with E-state index in [4.69, 9.17) is 0 Å². The standard InChI is InChI=1S/C15H19N3O2S/c1-4-16-13-6-8-14(9-7-13)21(19,20)18-15-10-5-11(2)17-12(15)3/h5-10,16,18H,4H2,1-3H3. The van der Waals surface area contributed by atoms with Gasteiger partial charge in [0.05, 0.1) is 16.3 Å². The number of hydrogen-bond acceptors (Lipinski definition) is 4. The summed E-state index contributed by atoms with van der Waals surface area (Å²) in [5, 5.41) is 3.13. The highest BCUT2D eigenvalue weighted by Gasteiger charge is 2.15. The molecule has 0 amide bonds. The Morgan fingerprint density at radius 2 is 1.71 bits per heavy atom. The average Bonchev–Trinajstić information content (AvgIpc) is 2.43. The maximum absolute atomic E-state index is 12.3. The minimum absolute atomic E-state index is 0.226. The quantitative estimate of drug-likeness (QED) is 0.891. The Labute approximate surface area is 125 Å². The summed E-state index contributed by atoms with van der Waals surface area (Å²) in [7, 11) is -3.60. The van der Waals surface area contributed by atoms with E-state index in [9.17, 15) is 8.42 Å². The van der Waals surface area contributed by atoms with Crippen molar-refractivity contribution in [2.75, 3.05) is 16.6 Å². The number of pyridine rings is 1.